The third kappa shape index (κ3) is 5.79. The number of carbonyl (C=O) groups is 3. The second kappa shape index (κ2) is 10.9. The Morgan fingerprint density at radius 2 is 1.88 bits per heavy atom. The minimum atomic E-state index is -1.09. The second-order valence-electron chi connectivity index (χ2n) is 7.65. The summed E-state index contributed by atoms with van der Waals surface area (Å²) >= 11 is 0. The smallest absolute Gasteiger partial charge is 0.346 e. The van der Waals surface area contributed by atoms with Crippen LogP contribution in [0.3, 0.4) is 0 Å². The Labute approximate surface area is 196 Å². The molecular formula is C23H27N3O8. The molecule has 34 heavy (non-hydrogen) atoms. The average molecular weight is 473 g/mol. The van der Waals surface area contributed by atoms with E-state index in [1.807, 2.05) is 6.92 Å². The van der Waals surface area contributed by atoms with Crippen LogP contribution in [0.15, 0.2) is 35.3 Å². The molecule has 1 aliphatic heterocycles. The molecule has 0 bridgehead atoms. The first-order valence-corrected chi connectivity index (χ1v) is 10.7. The highest BCUT2D eigenvalue weighted by Gasteiger charge is 2.45. The van der Waals surface area contributed by atoms with Crippen LogP contribution < -0.4 is 15.3 Å². The van der Waals surface area contributed by atoms with Gasteiger partial charge < -0.3 is 18.9 Å². The summed E-state index contributed by atoms with van der Waals surface area (Å²) in [7, 11) is 1.51. The maximum atomic E-state index is 13.8. The number of esters is 2. The van der Waals surface area contributed by atoms with Gasteiger partial charge in [0, 0.05) is 37.6 Å². The Bertz CT molecular complexity index is 1100. The first kappa shape index (κ1) is 24.9. The number of aryl methyl sites for hydroxylation is 1. The zero-order chi connectivity index (χ0) is 24.8. The van der Waals surface area contributed by atoms with Crippen LogP contribution in [0.1, 0.15) is 43.1 Å². The molecule has 11 nitrogen and oxygen atoms in total. The molecule has 0 radical (unpaired) electrons. The molecule has 182 valence electrons. The van der Waals surface area contributed by atoms with Crippen LogP contribution in [-0.4, -0.2) is 60.0 Å². The van der Waals surface area contributed by atoms with Crippen LogP contribution in [0, 0.1) is 0 Å². The number of hydrogen-bond donors (Lipinski definition) is 1. The zero-order valence-electron chi connectivity index (χ0n) is 19.4. The van der Waals surface area contributed by atoms with Crippen molar-refractivity contribution in [3.8, 4) is 5.75 Å². The van der Waals surface area contributed by atoms with Crippen molar-refractivity contribution in [1.82, 2.24) is 9.97 Å². The number of hydrogen-bond acceptors (Lipinski definition) is 9. The number of anilines is 1. The summed E-state index contributed by atoms with van der Waals surface area (Å²) in [6.45, 7) is 4.28. The van der Waals surface area contributed by atoms with Gasteiger partial charge in [-0.3, -0.25) is 24.3 Å². The van der Waals surface area contributed by atoms with E-state index in [0.29, 0.717) is 17.7 Å². The van der Waals surface area contributed by atoms with Crippen LogP contribution in [0.5, 0.6) is 5.75 Å². The number of H-pyrrole nitrogens is 1. The molecule has 1 N–H and O–H groups in total. The maximum Gasteiger partial charge on any atom is 0.346 e. The lowest BCUT2D eigenvalue weighted by atomic mass is 10.1. The van der Waals surface area contributed by atoms with Gasteiger partial charge in [0.1, 0.15) is 24.3 Å². The van der Waals surface area contributed by atoms with Crippen molar-refractivity contribution >= 4 is 23.7 Å². The molecule has 1 aromatic carbocycles. The minimum absolute atomic E-state index is 0.0817. The number of methoxy groups -OCH3 is 1. The number of aromatic amines is 1. The molecule has 0 unspecified atom stereocenters. The molecule has 2 aromatic rings. The Morgan fingerprint density at radius 1 is 1.18 bits per heavy atom. The number of rotatable bonds is 8. The van der Waals surface area contributed by atoms with Crippen LogP contribution >= 0.6 is 0 Å². The van der Waals surface area contributed by atoms with Gasteiger partial charge in [0.15, 0.2) is 6.23 Å². The second-order valence-corrected chi connectivity index (χ2v) is 7.65. The van der Waals surface area contributed by atoms with Crippen LogP contribution in [-0.2, 0) is 30.2 Å². The summed E-state index contributed by atoms with van der Waals surface area (Å²) in [5.41, 5.74) is 0.211. The molecule has 2 heterocycles. The molecule has 3 atom stereocenters. The van der Waals surface area contributed by atoms with Gasteiger partial charge in [-0.15, -0.1) is 0 Å². The van der Waals surface area contributed by atoms with Gasteiger partial charge in [-0.05, 0) is 30.7 Å². The van der Waals surface area contributed by atoms with Gasteiger partial charge >= 0.3 is 17.6 Å². The monoisotopic (exact) mass is 473 g/mol. The fourth-order valence-corrected chi connectivity index (χ4v) is 3.68. The highest BCUT2D eigenvalue weighted by atomic mass is 16.6. The maximum absolute atomic E-state index is 13.8. The average Bonchev–Trinajstić information content (AvgIpc) is 3.19. The third-order valence-electron chi connectivity index (χ3n) is 5.23. The predicted molar refractivity (Wildman–Crippen MR) is 120 cm³/mol. The first-order chi connectivity index (χ1) is 16.2. The van der Waals surface area contributed by atoms with Gasteiger partial charge in [0.25, 0.3) is 5.91 Å². The molecule has 11 heteroatoms. The van der Waals surface area contributed by atoms with E-state index in [0.717, 1.165) is 0 Å². The molecule has 1 aromatic heterocycles. The molecular weight excluding hydrogens is 446 g/mol. The normalized spacial score (nSPS) is 19.4. The SMILES string of the molecule is CCc1cnc(=O)[nH]c1N(C(=O)c1ccc(OC)cc1)[C@@H]1O[C@H](COC(C)=O)C[C@H]1OC(C)=O. The quantitative estimate of drug-likeness (QED) is 0.567. The third-order valence-corrected chi connectivity index (χ3v) is 5.23. The number of amides is 1. The van der Waals surface area contributed by atoms with Gasteiger partial charge in [-0.2, -0.15) is 0 Å². The van der Waals surface area contributed by atoms with Gasteiger partial charge in [0.05, 0.1) is 13.2 Å². The number of aromatic nitrogens is 2. The van der Waals surface area contributed by atoms with E-state index in [-0.39, 0.29) is 24.4 Å². The molecule has 1 aliphatic rings. The molecule has 1 amide bonds. The molecule has 0 saturated carbocycles. The zero-order valence-corrected chi connectivity index (χ0v) is 19.4. The number of carbonyl (C=O) groups excluding carboxylic acids is 3. The summed E-state index contributed by atoms with van der Waals surface area (Å²) in [4.78, 5) is 56.6. The van der Waals surface area contributed by atoms with Crippen molar-refractivity contribution in [3.05, 3.63) is 52.1 Å². The summed E-state index contributed by atoms with van der Waals surface area (Å²) in [5.74, 6) is -0.824. The van der Waals surface area contributed by atoms with Gasteiger partial charge in [0.2, 0.25) is 0 Å². The van der Waals surface area contributed by atoms with Crippen molar-refractivity contribution in [1.29, 1.82) is 0 Å². The van der Waals surface area contributed by atoms with E-state index < -0.39 is 42.0 Å². The van der Waals surface area contributed by atoms with E-state index in [1.54, 1.807) is 24.3 Å². The van der Waals surface area contributed by atoms with E-state index in [9.17, 15) is 19.2 Å². The van der Waals surface area contributed by atoms with E-state index in [1.165, 1.54) is 32.1 Å². The van der Waals surface area contributed by atoms with Gasteiger partial charge in [-0.1, -0.05) is 6.92 Å². The summed E-state index contributed by atoms with van der Waals surface area (Å²) < 4.78 is 21.7. The topological polar surface area (TPSA) is 137 Å². The number of ether oxygens (including phenoxy) is 4. The lowest BCUT2D eigenvalue weighted by Crippen LogP contribution is -2.48. The Kier molecular flexibility index (Phi) is 8.00. The molecule has 1 fully saturated rings. The summed E-state index contributed by atoms with van der Waals surface area (Å²) in [6, 6.07) is 6.41. The lowest BCUT2D eigenvalue weighted by molar-refractivity contribution is -0.149. The largest absolute Gasteiger partial charge is 0.497 e. The predicted octanol–water partition coefficient (Wildman–Crippen LogP) is 1.60. The van der Waals surface area contributed by atoms with E-state index >= 15 is 0 Å². The Hall–Kier alpha value is -3.73. The molecule has 3 rings (SSSR count). The first-order valence-electron chi connectivity index (χ1n) is 10.7. The molecule has 0 aliphatic carbocycles. The lowest BCUT2D eigenvalue weighted by Gasteiger charge is -2.32. The molecule has 0 spiro atoms. The molecule has 1 saturated heterocycles. The Balaban J connectivity index is 2.08. The highest BCUT2D eigenvalue weighted by Crippen LogP contribution is 2.32. The number of nitrogens with zero attached hydrogens (tertiary/aromatic N) is 2. The van der Waals surface area contributed by atoms with Crippen molar-refractivity contribution in [2.45, 2.75) is 52.0 Å². The van der Waals surface area contributed by atoms with Crippen LogP contribution in [0.25, 0.3) is 0 Å². The van der Waals surface area contributed by atoms with Crippen molar-refractivity contribution in [2.24, 2.45) is 0 Å². The van der Waals surface area contributed by atoms with E-state index in [2.05, 4.69) is 9.97 Å². The van der Waals surface area contributed by atoms with Crippen molar-refractivity contribution in [3.63, 3.8) is 0 Å². The number of benzene rings is 1. The standard InChI is InChI=1S/C23H27N3O8/c1-5-15-11-24-23(30)25-20(15)26(21(29)16-6-8-17(31-4)9-7-16)22-19(33-14(3)28)10-18(34-22)12-32-13(2)27/h6-9,11,18-19,22H,5,10,12H2,1-4H3,(H,24,25,30)/t18-,19+,22+/m0/s1. The Morgan fingerprint density at radius 3 is 2.47 bits per heavy atom. The van der Waals surface area contributed by atoms with Gasteiger partial charge in [-0.25, -0.2) is 9.78 Å². The van der Waals surface area contributed by atoms with Crippen molar-refractivity contribution in [2.75, 3.05) is 18.6 Å². The van der Waals surface area contributed by atoms with E-state index in [4.69, 9.17) is 18.9 Å². The fraction of sp³-hybridized carbons (Fsp3) is 0.435. The minimum Gasteiger partial charge on any atom is -0.497 e. The van der Waals surface area contributed by atoms with Crippen molar-refractivity contribution < 1.29 is 33.3 Å². The van der Waals surface area contributed by atoms with Crippen LogP contribution in [0.2, 0.25) is 0 Å². The fourth-order valence-electron chi connectivity index (χ4n) is 3.68. The summed E-state index contributed by atoms with van der Waals surface area (Å²) in [6.07, 6.45) is -0.588. The van der Waals surface area contributed by atoms with Crippen LogP contribution in [0.4, 0.5) is 5.82 Å². The summed E-state index contributed by atoms with van der Waals surface area (Å²) in [5, 5.41) is 0. The number of nitrogens with one attached hydrogen (secondary N) is 1. The highest BCUT2D eigenvalue weighted by molar-refractivity contribution is 6.06.